The lowest BCUT2D eigenvalue weighted by atomic mass is 9.93. The van der Waals surface area contributed by atoms with Gasteiger partial charge >= 0.3 is 5.97 Å². The van der Waals surface area contributed by atoms with Crippen molar-refractivity contribution in [3.8, 4) is 0 Å². The molecule has 0 unspecified atom stereocenters. The van der Waals surface area contributed by atoms with E-state index in [-0.39, 0.29) is 43.0 Å². The van der Waals surface area contributed by atoms with Gasteiger partial charge in [0.25, 0.3) is 5.91 Å². The smallest absolute Gasteiger partial charge is 0.331 e. The number of hydrogen-bond acceptors (Lipinski definition) is 8. The molecule has 0 aromatic carbocycles. The topological polar surface area (TPSA) is 102 Å². The van der Waals surface area contributed by atoms with E-state index < -0.39 is 0 Å². The van der Waals surface area contributed by atoms with Crippen molar-refractivity contribution in [2.45, 2.75) is 56.6 Å². The number of ether oxygens (including phenoxy) is 2. The van der Waals surface area contributed by atoms with E-state index in [1.165, 1.54) is 18.4 Å². The molecule has 152 valence electrons. The molecule has 2 N–H and O–H groups in total. The molecule has 27 heavy (non-hydrogen) atoms. The van der Waals surface area contributed by atoms with Crippen LogP contribution in [-0.4, -0.2) is 61.0 Å². The van der Waals surface area contributed by atoms with Crippen molar-refractivity contribution >= 4 is 35.6 Å². The third-order valence-electron chi connectivity index (χ3n) is 5.00. The summed E-state index contributed by atoms with van der Waals surface area (Å²) in [6.07, 6.45) is 5.44. The minimum absolute atomic E-state index is 0. The normalized spacial score (nSPS) is 23.3. The van der Waals surface area contributed by atoms with Gasteiger partial charge in [-0.25, -0.2) is 4.79 Å². The van der Waals surface area contributed by atoms with Crippen LogP contribution in [0.4, 0.5) is 0 Å². The molecule has 1 amide bonds. The number of methoxy groups -OCH3 is 1. The Morgan fingerprint density at radius 1 is 1.15 bits per heavy atom. The molecular weight excluding hydrogens is 392 g/mol. The van der Waals surface area contributed by atoms with Crippen molar-refractivity contribution in [1.82, 2.24) is 20.8 Å². The van der Waals surface area contributed by atoms with E-state index in [2.05, 4.69) is 25.6 Å². The molecule has 0 bridgehead atoms. The molecule has 1 aliphatic carbocycles. The molecule has 8 nitrogen and oxygen atoms in total. The Balaban J connectivity index is 0.00000261. The number of esters is 1. The summed E-state index contributed by atoms with van der Waals surface area (Å²) in [6, 6.07) is 0.117. The zero-order chi connectivity index (χ0) is 18.4. The highest BCUT2D eigenvalue weighted by Crippen LogP contribution is 2.28. The maximum atomic E-state index is 12.4. The summed E-state index contributed by atoms with van der Waals surface area (Å²) in [5.74, 6) is -0.0828. The van der Waals surface area contributed by atoms with E-state index in [4.69, 9.17) is 4.74 Å². The molecule has 1 saturated heterocycles. The van der Waals surface area contributed by atoms with E-state index in [1.807, 2.05) is 0 Å². The van der Waals surface area contributed by atoms with Gasteiger partial charge in [-0.15, -0.1) is 22.6 Å². The molecular formula is C17H27ClN4O4S. The van der Waals surface area contributed by atoms with Crippen molar-refractivity contribution in [2.24, 2.45) is 0 Å². The van der Waals surface area contributed by atoms with E-state index in [0.717, 1.165) is 56.6 Å². The van der Waals surface area contributed by atoms with Crippen molar-refractivity contribution in [3.63, 3.8) is 0 Å². The second kappa shape index (κ2) is 10.9. The van der Waals surface area contributed by atoms with Crippen LogP contribution in [0.25, 0.3) is 0 Å². The van der Waals surface area contributed by atoms with Crippen LogP contribution in [0, 0.1) is 0 Å². The number of hydrogen-bond donors (Lipinski definition) is 2. The maximum absolute atomic E-state index is 12.4. The van der Waals surface area contributed by atoms with Crippen molar-refractivity contribution < 1.29 is 19.1 Å². The molecule has 1 saturated carbocycles. The average molecular weight is 419 g/mol. The van der Waals surface area contributed by atoms with Gasteiger partial charge in [-0.1, -0.05) is 11.3 Å². The summed E-state index contributed by atoms with van der Waals surface area (Å²) in [5, 5.41) is 16.1. The van der Waals surface area contributed by atoms with Crippen LogP contribution in [0.15, 0.2) is 0 Å². The predicted octanol–water partition coefficient (Wildman–Crippen LogP) is 1.66. The van der Waals surface area contributed by atoms with Crippen molar-refractivity contribution in [1.29, 1.82) is 0 Å². The van der Waals surface area contributed by atoms with Crippen LogP contribution in [0.5, 0.6) is 0 Å². The highest BCUT2D eigenvalue weighted by molar-refractivity contribution is 7.13. The van der Waals surface area contributed by atoms with Gasteiger partial charge in [0, 0.05) is 12.0 Å². The van der Waals surface area contributed by atoms with E-state index in [9.17, 15) is 9.59 Å². The van der Waals surface area contributed by atoms with Gasteiger partial charge in [0.2, 0.25) is 5.01 Å². The lowest BCUT2D eigenvalue weighted by molar-refractivity contribution is -0.148. The standard InChI is InChI=1S/C17H26N4O4S.ClH/c1-24-14(22)10-25-13-4-2-12(3-5-13)19-15(23)17-21-20-16(26-17)11-6-8-18-9-7-11;/h11-13,18H,2-10H2,1H3,(H,19,23);1H/t12-,13-;. The molecule has 0 spiro atoms. The number of carbonyl (C=O) groups is 2. The minimum atomic E-state index is -0.360. The van der Waals surface area contributed by atoms with Crippen LogP contribution >= 0.6 is 23.7 Å². The molecule has 3 rings (SSSR count). The zero-order valence-electron chi connectivity index (χ0n) is 15.4. The summed E-state index contributed by atoms with van der Waals surface area (Å²) in [7, 11) is 1.35. The number of aromatic nitrogens is 2. The molecule has 1 aromatic rings. The van der Waals surface area contributed by atoms with Gasteiger partial charge in [-0.05, 0) is 51.6 Å². The van der Waals surface area contributed by atoms with Gasteiger partial charge < -0.3 is 20.1 Å². The number of nitrogens with zero attached hydrogens (tertiary/aromatic N) is 2. The summed E-state index contributed by atoms with van der Waals surface area (Å²) in [5.41, 5.74) is 0. The molecule has 0 radical (unpaired) electrons. The molecule has 0 atom stereocenters. The van der Waals surface area contributed by atoms with Crippen LogP contribution in [0.1, 0.15) is 59.3 Å². The number of nitrogens with one attached hydrogen (secondary N) is 2. The lowest BCUT2D eigenvalue weighted by Crippen LogP contribution is -2.39. The highest BCUT2D eigenvalue weighted by Gasteiger charge is 2.26. The Kier molecular flexibility index (Phi) is 8.88. The zero-order valence-corrected chi connectivity index (χ0v) is 17.1. The summed E-state index contributed by atoms with van der Waals surface area (Å²) < 4.78 is 10.1. The van der Waals surface area contributed by atoms with E-state index in [1.54, 1.807) is 0 Å². The van der Waals surface area contributed by atoms with E-state index >= 15 is 0 Å². The average Bonchev–Trinajstić information content (AvgIpc) is 3.18. The third-order valence-corrected chi connectivity index (χ3v) is 6.08. The Morgan fingerprint density at radius 2 is 1.85 bits per heavy atom. The van der Waals surface area contributed by atoms with Crippen LogP contribution in [-0.2, 0) is 14.3 Å². The Bertz CT molecular complexity index is 616. The second-order valence-corrected chi connectivity index (χ2v) is 7.81. The van der Waals surface area contributed by atoms with E-state index in [0.29, 0.717) is 10.9 Å². The maximum Gasteiger partial charge on any atom is 0.331 e. The van der Waals surface area contributed by atoms with Crippen LogP contribution in [0.2, 0.25) is 0 Å². The van der Waals surface area contributed by atoms with Gasteiger partial charge in [-0.3, -0.25) is 4.79 Å². The van der Waals surface area contributed by atoms with Gasteiger partial charge in [0.05, 0.1) is 13.2 Å². The first-order valence-electron chi connectivity index (χ1n) is 9.19. The van der Waals surface area contributed by atoms with Crippen molar-refractivity contribution in [2.75, 3.05) is 26.8 Å². The highest BCUT2D eigenvalue weighted by atomic mass is 35.5. The Morgan fingerprint density at radius 3 is 2.52 bits per heavy atom. The lowest BCUT2D eigenvalue weighted by Gasteiger charge is -2.28. The Labute approximate surface area is 169 Å². The largest absolute Gasteiger partial charge is 0.467 e. The Hall–Kier alpha value is -1.29. The summed E-state index contributed by atoms with van der Waals surface area (Å²) in [4.78, 5) is 23.6. The molecule has 1 aromatic heterocycles. The fraction of sp³-hybridized carbons (Fsp3) is 0.765. The van der Waals surface area contributed by atoms with Crippen molar-refractivity contribution in [3.05, 3.63) is 10.0 Å². The number of piperidine rings is 1. The molecule has 2 heterocycles. The minimum Gasteiger partial charge on any atom is -0.467 e. The quantitative estimate of drug-likeness (QED) is 0.677. The summed E-state index contributed by atoms with van der Waals surface area (Å²) >= 11 is 1.41. The fourth-order valence-corrected chi connectivity index (χ4v) is 4.34. The first-order chi connectivity index (χ1) is 12.7. The number of halogens is 1. The van der Waals surface area contributed by atoms with Gasteiger partial charge in [0.1, 0.15) is 11.6 Å². The van der Waals surface area contributed by atoms with Gasteiger partial charge in [-0.2, -0.15) is 0 Å². The first-order valence-corrected chi connectivity index (χ1v) is 10.0. The predicted molar refractivity (Wildman–Crippen MR) is 103 cm³/mol. The number of amides is 1. The number of rotatable bonds is 6. The first kappa shape index (κ1) is 22.0. The summed E-state index contributed by atoms with van der Waals surface area (Å²) in [6.45, 7) is 1.97. The molecule has 2 aliphatic rings. The SMILES string of the molecule is COC(=O)CO[C@H]1CC[C@H](NC(=O)c2nnc(C3CCNCC3)s2)CC1.Cl. The molecule has 1 aliphatic heterocycles. The second-order valence-electron chi connectivity index (χ2n) is 6.80. The third kappa shape index (κ3) is 6.38. The fourth-order valence-electron chi connectivity index (χ4n) is 3.43. The van der Waals surface area contributed by atoms with Crippen LogP contribution in [0.3, 0.4) is 0 Å². The monoisotopic (exact) mass is 418 g/mol. The molecule has 10 heteroatoms. The molecule has 2 fully saturated rings. The van der Waals surface area contributed by atoms with Gasteiger partial charge in [0.15, 0.2) is 0 Å². The number of carbonyl (C=O) groups excluding carboxylic acids is 2. The van der Waals surface area contributed by atoms with Crippen LogP contribution < -0.4 is 10.6 Å².